The molecule has 0 atom stereocenters. The Morgan fingerprint density at radius 2 is 1.82 bits per heavy atom. The second kappa shape index (κ2) is 8.26. The van der Waals surface area contributed by atoms with Crippen LogP contribution >= 0.6 is 0 Å². The highest BCUT2D eigenvalue weighted by Crippen LogP contribution is 2.31. The molecule has 1 heterocycles. The molecule has 0 amide bonds. The van der Waals surface area contributed by atoms with Crippen LogP contribution in [-0.4, -0.2) is 35.3 Å². The first-order valence-electron chi connectivity index (χ1n) is 8.43. The first kappa shape index (κ1) is 19.0. The summed E-state index contributed by atoms with van der Waals surface area (Å²) in [6.45, 7) is 1.84. The first-order chi connectivity index (χ1) is 13.5. The molecule has 8 heteroatoms. The molecule has 144 valence electrons. The van der Waals surface area contributed by atoms with Crippen LogP contribution in [0.5, 0.6) is 11.5 Å². The summed E-state index contributed by atoms with van der Waals surface area (Å²) in [6.07, 6.45) is 0. The van der Waals surface area contributed by atoms with Gasteiger partial charge in [0.2, 0.25) is 5.95 Å². The van der Waals surface area contributed by atoms with Gasteiger partial charge in [0.1, 0.15) is 17.3 Å². The van der Waals surface area contributed by atoms with E-state index in [2.05, 4.69) is 20.6 Å². The fourth-order valence-corrected chi connectivity index (χ4v) is 2.60. The maximum absolute atomic E-state index is 11.1. The van der Waals surface area contributed by atoms with Gasteiger partial charge >= 0.3 is 5.97 Å². The summed E-state index contributed by atoms with van der Waals surface area (Å²) >= 11 is 0. The standard InChI is InChI=1S/C20H20N4O4/c1-12-9-18(22-14-6-4-5-13(10-14)19(25)26)24-20(21-12)23-16-11-15(27-2)7-8-17(16)28-3/h4-11H,1-3H3,(H,25,26)(H2,21,22,23,24). The minimum atomic E-state index is -0.991. The molecule has 0 aliphatic carbocycles. The lowest BCUT2D eigenvalue weighted by molar-refractivity contribution is 0.0697. The number of rotatable bonds is 7. The lowest BCUT2D eigenvalue weighted by atomic mass is 10.2. The normalized spacial score (nSPS) is 10.2. The lowest BCUT2D eigenvalue weighted by Gasteiger charge is -2.13. The Morgan fingerprint density at radius 3 is 2.54 bits per heavy atom. The second-order valence-corrected chi connectivity index (χ2v) is 5.92. The number of aromatic nitrogens is 2. The third kappa shape index (κ3) is 4.47. The minimum absolute atomic E-state index is 0.190. The van der Waals surface area contributed by atoms with Crippen LogP contribution in [0.4, 0.5) is 23.1 Å². The number of nitrogens with one attached hydrogen (secondary N) is 2. The number of hydrogen-bond donors (Lipinski definition) is 3. The summed E-state index contributed by atoms with van der Waals surface area (Å²) in [6, 6.07) is 13.6. The summed E-state index contributed by atoms with van der Waals surface area (Å²) < 4.78 is 10.6. The molecule has 1 aromatic heterocycles. The van der Waals surface area contributed by atoms with Crippen molar-refractivity contribution in [3.8, 4) is 11.5 Å². The molecule has 0 saturated heterocycles. The van der Waals surface area contributed by atoms with Crippen LogP contribution in [0.25, 0.3) is 0 Å². The van der Waals surface area contributed by atoms with E-state index in [-0.39, 0.29) is 5.56 Å². The zero-order valence-corrected chi connectivity index (χ0v) is 15.7. The molecule has 3 N–H and O–H groups in total. The van der Waals surface area contributed by atoms with Gasteiger partial charge in [-0.3, -0.25) is 0 Å². The van der Waals surface area contributed by atoms with Crippen molar-refractivity contribution in [2.75, 3.05) is 24.9 Å². The third-order valence-electron chi connectivity index (χ3n) is 3.89. The Bertz CT molecular complexity index is 1010. The van der Waals surface area contributed by atoms with Crippen molar-refractivity contribution in [1.82, 2.24) is 9.97 Å². The number of hydrogen-bond acceptors (Lipinski definition) is 7. The van der Waals surface area contributed by atoms with Crippen LogP contribution < -0.4 is 20.1 Å². The Kier molecular flexibility index (Phi) is 5.59. The number of carboxylic acids is 1. The molecule has 0 bridgehead atoms. The molecule has 0 saturated carbocycles. The van der Waals surface area contributed by atoms with E-state index < -0.39 is 5.97 Å². The van der Waals surface area contributed by atoms with Crippen LogP contribution in [0.2, 0.25) is 0 Å². The largest absolute Gasteiger partial charge is 0.497 e. The van der Waals surface area contributed by atoms with Crippen LogP contribution in [0.1, 0.15) is 16.1 Å². The molecule has 0 radical (unpaired) electrons. The molecule has 0 unspecified atom stereocenters. The van der Waals surface area contributed by atoms with Gasteiger partial charge in [-0.05, 0) is 37.3 Å². The minimum Gasteiger partial charge on any atom is -0.497 e. The zero-order chi connectivity index (χ0) is 20.1. The maximum Gasteiger partial charge on any atom is 0.335 e. The van der Waals surface area contributed by atoms with E-state index in [1.165, 1.54) is 12.1 Å². The molecule has 0 fully saturated rings. The van der Waals surface area contributed by atoms with Crippen molar-refractivity contribution in [1.29, 1.82) is 0 Å². The van der Waals surface area contributed by atoms with E-state index in [0.29, 0.717) is 34.6 Å². The molecule has 3 aromatic rings. The number of aryl methyl sites for hydroxylation is 1. The highest BCUT2D eigenvalue weighted by molar-refractivity contribution is 5.89. The molecule has 0 spiro atoms. The van der Waals surface area contributed by atoms with E-state index in [4.69, 9.17) is 14.6 Å². The predicted molar refractivity (Wildman–Crippen MR) is 106 cm³/mol. The molecular formula is C20H20N4O4. The Balaban J connectivity index is 1.88. The predicted octanol–water partition coefficient (Wildman–Crippen LogP) is 3.99. The summed E-state index contributed by atoms with van der Waals surface area (Å²) in [5.41, 5.74) is 2.20. The smallest absolute Gasteiger partial charge is 0.335 e. The Hall–Kier alpha value is -3.81. The highest BCUT2D eigenvalue weighted by Gasteiger charge is 2.10. The number of benzene rings is 2. The van der Waals surface area contributed by atoms with Crippen molar-refractivity contribution in [2.45, 2.75) is 6.92 Å². The molecule has 0 aliphatic heterocycles. The SMILES string of the molecule is COc1ccc(OC)c(Nc2nc(C)cc(Nc3cccc(C(=O)O)c3)n2)c1. The topological polar surface area (TPSA) is 106 Å². The van der Waals surface area contributed by atoms with Gasteiger partial charge in [-0.2, -0.15) is 4.98 Å². The van der Waals surface area contributed by atoms with Crippen molar-refractivity contribution in [2.24, 2.45) is 0 Å². The molecular weight excluding hydrogens is 360 g/mol. The van der Waals surface area contributed by atoms with Crippen LogP contribution in [0, 0.1) is 6.92 Å². The van der Waals surface area contributed by atoms with Crippen LogP contribution in [-0.2, 0) is 0 Å². The van der Waals surface area contributed by atoms with E-state index in [1.807, 2.05) is 6.92 Å². The summed E-state index contributed by atoms with van der Waals surface area (Å²) in [5, 5.41) is 15.4. The number of carbonyl (C=O) groups is 1. The fourth-order valence-electron chi connectivity index (χ4n) is 2.60. The quantitative estimate of drug-likeness (QED) is 0.565. The number of ether oxygens (including phenoxy) is 2. The van der Waals surface area contributed by atoms with Gasteiger partial charge in [0.15, 0.2) is 0 Å². The summed E-state index contributed by atoms with van der Waals surface area (Å²) in [7, 11) is 3.16. The monoisotopic (exact) mass is 380 g/mol. The van der Waals surface area contributed by atoms with Crippen molar-refractivity contribution in [3.63, 3.8) is 0 Å². The molecule has 28 heavy (non-hydrogen) atoms. The van der Waals surface area contributed by atoms with Crippen LogP contribution in [0.3, 0.4) is 0 Å². The van der Waals surface area contributed by atoms with Crippen molar-refractivity contribution >= 4 is 29.1 Å². The second-order valence-electron chi connectivity index (χ2n) is 5.92. The van der Waals surface area contributed by atoms with Gasteiger partial charge < -0.3 is 25.2 Å². The number of anilines is 4. The van der Waals surface area contributed by atoms with E-state index >= 15 is 0 Å². The molecule has 3 rings (SSSR count). The number of methoxy groups -OCH3 is 2. The average molecular weight is 380 g/mol. The first-order valence-corrected chi connectivity index (χ1v) is 8.43. The zero-order valence-electron chi connectivity index (χ0n) is 15.7. The highest BCUT2D eigenvalue weighted by atomic mass is 16.5. The van der Waals surface area contributed by atoms with Gasteiger partial charge in [0.25, 0.3) is 0 Å². The number of carboxylic acid groups (broad SMARTS) is 1. The fraction of sp³-hybridized carbons (Fsp3) is 0.150. The van der Waals surface area contributed by atoms with Gasteiger partial charge in [0, 0.05) is 23.5 Å². The Labute approximate surface area is 162 Å². The molecule has 2 aromatic carbocycles. The van der Waals surface area contributed by atoms with Crippen molar-refractivity contribution in [3.05, 3.63) is 59.8 Å². The van der Waals surface area contributed by atoms with Gasteiger partial charge in [-0.25, -0.2) is 9.78 Å². The van der Waals surface area contributed by atoms with Gasteiger partial charge in [-0.1, -0.05) is 6.07 Å². The van der Waals surface area contributed by atoms with E-state index in [1.54, 1.807) is 50.6 Å². The van der Waals surface area contributed by atoms with Gasteiger partial charge in [0.05, 0.1) is 25.5 Å². The van der Waals surface area contributed by atoms with Crippen LogP contribution in [0.15, 0.2) is 48.5 Å². The number of aromatic carboxylic acids is 1. The van der Waals surface area contributed by atoms with E-state index in [0.717, 1.165) is 5.69 Å². The van der Waals surface area contributed by atoms with Crippen molar-refractivity contribution < 1.29 is 19.4 Å². The Morgan fingerprint density at radius 1 is 1.00 bits per heavy atom. The lowest BCUT2D eigenvalue weighted by Crippen LogP contribution is -2.04. The van der Waals surface area contributed by atoms with Gasteiger partial charge in [-0.15, -0.1) is 0 Å². The summed E-state index contributed by atoms with van der Waals surface area (Å²) in [5.74, 6) is 1.19. The molecule has 8 nitrogen and oxygen atoms in total. The number of nitrogens with zero attached hydrogens (tertiary/aromatic N) is 2. The summed E-state index contributed by atoms with van der Waals surface area (Å²) in [4.78, 5) is 20.0. The third-order valence-corrected chi connectivity index (χ3v) is 3.89. The average Bonchev–Trinajstić information content (AvgIpc) is 2.67. The maximum atomic E-state index is 11.1. The van der Waals surface area contributed by atoms with E-state index in [9.17, 15) is 4.79 Å². The molecule has 0 aliphatic rings.